The van der Waals surface area contributed by atoms with Gasteiger partial charge < -0.3 is 20.4 Å². The second-order valence-electron chi connectivity index (χ2n) is 4.71. The first-order chi connectivity index (χ1) is 11.6. The molecule has 0 aliphatic heterocycles. The quantitative estimate of drug-likeness (QED) is 0.296. The Morgan fingerprint density at radius 3 is 2.40 bits per heavy atom. The fraction of sp³-hybridized carbons (Fsp3) is 0.0588. The van der Waals surface area contributed by atoms with Crippen LogP contribution in [0.15, 0.2) is 65.8 Å². The van der Waals surface area contributed by atoms with Crippen LogP contribution < -0.4 is 5.11 Å². The second-order valence-corrected chi connectivity index (χ2v) is 4.71. The Morgan fingerprint density at radius 2 is 1.72 bits per heavy atom. The Bertz CT molecular complexity index is 853. The van der Waals surface area contributed by atoms with Gasteiger partial charge in [0.05, 0.1) is 17.3 Å². The molecule has 1 heterocycles. The van der Waals surface area contributed by atoms with Crippen LogP contribution in [0.4, 0.5) is 0 Å². The maximum atomic E-state index is 12.0. The molecule has 0 bridgehead atoms. The summed E-state index contributed by atoms with van der Waals surface area (Å²) >= 11 is 0. The summed E-state index contributed by atoms with van der Waals surface area (Å²) in [7, 11) is 0. The maximum Gasteiger partial charge on any atom is 2.00 e. The molecule has 3 rings (SSSR count). The van der Waals surface area contributed by atoms with Gasteiger partial charge in [0.25, 0.3) is 0 Å². The van der Waals surface area contributed by atoms with E-state index < -0.39 is 5.09 Å². The maximum absolute atomic E-state index is 12.0. The van der Waals surface area contributed by atoms with Gasteiger partial charge in [-0.3, -0.25) is 9.98 Å². The number of pyridine rings is 1. The van der Waals surface area contributed by atoms with Crippen LogP contribution in [-0.4, -0.2) is 16.3 Å². The molecule has 0 unspecified atom stereocenters. The predicted molar refractivity (Wildman–Crippen MR) is 89.3 cm³/mol. The summed E-state index contributed by atoms with van der Waals surface area (Å²) < 4.78 is 0. The van der Waals surface area contributed by atoms with Gasteiger partial charge in [0.2, 0.25) is 0 Å². The van der Waals surface area contributed by atoms with Crippen molar-refractivity contribution in [3.05, 3.63) is 87.4 Å². The third-order valence-electron chi connectivity index (χ3n) is 3.13. The van der Waals surface area contributed by atoms with Crippen molar-refractivity contribution < 1.29 is 29.7 Å². The fourth-order valence-corrected chi connectivity index (χ4v) is 2.13. The summed E-state index contributed by atoms with van der Waals surface area (Å²) in [5.74, 6) is -0.00605. The van der Waals surface area contributed by atoms with E-state index in [-0.39, 0.29) is 25.2 Å². The third kappa shape index (κ3) is 6.27. The molecule has 0 fully saturated rings. The van der Waals surface area contributed by atoms with Gasteiger partial charge in [-0.1, -0.05) is 48.2 Å². The van der Waals surface area contributed by atoms with E-state index in [2.05, 4.69) is 9.98 Å². The van der Waals surface area contributed by atoms with Crippen molar-refractivity contribution in [2.75, 3.05) is 0 Å². The fourth-order valence-electron chi connectivity index (χ4n) is 2.13. The molecule has 7 nitrogen and oxygen atoms in total. The minimum absolute atomic E-state index is 0. The Hall–Kier alpha value is -2.86. The number of aromatic nitrogens is 1. The number of nitrogens with zero attached hydrogens (tertiary/aromatic N) is 3. The smallest absolute Gasteiger partial charge is 0.872 e. The van der Waals surface area contributed by atoms with Crippen LogP contribution >= 0.6 is 0 Å². The Labute approximate surface area is 156 Å². The normalized spacial score (nSPS) is 9.92. The van der Waals surface area contributed by atoms with Crippen LogP contribution in [-0.2, 0) is 26.0 Å². The zero-order valence-corrected chi connectivity index (χ0v) is 16.2. The van der Waals surface area contributed by atoms with Crippen molar-refractivity contribution in [2.24, 2.45) is 4.99 Å². The van der Waals surface area contributed by atoms with E-state index in [4.69, 9.17) is 15.3 Å². The first-order valence-electron chi connectivity index (χ1n) is 6.98. The molecular weight excluding hydrogens is 376 g/mol. The molecule has 0 amide bonds. The van der Waals surface area contributed by atoms with Crippen LogP contribution in [0, 0.1) is 15.3 Å². The van der Waals surface area contributed by atoms with Crippen LogP contribution in [0.25, 0.3) is 10.8 Å². The summed E-state index contributed by atoms with van der Waals surface area (Å²) in [4.78, 5) is 16.8. The van der Waals surface area contributed by atoms with Crippen LogP contribution in [0.1, 0.15) is 11.3 Å². The monoisotopic (exact) mass is 387 g/mol. The van der Waals surface area contributed by atoms with Gasteiger partial charge in [0.15, 0.2) is 0 Å². The van der Waals surface area contributed by atoms with Crippen molar-refractivity contribution in [3.8, 4) is 5.75 Å². The molecule has 0 saturated heterocycles. The number of hydrogen-bond acceptors (Lipinski definition) is 6. The van der Waals surface area contributed by atoms with E-state index in [9.17, 15) is 5.11 Å². The Kier molecular flexibility index (Phi) is 8.16. The van der Waals surface area contributed by atoms with Crippen molar-refractivity contribution in [1.29, 1.82) is 0 Å². The number of aliphatic imine (C=N–C) groups is 1. The summed E-state index contributed by atoms with van der Waals surface area (Å²) in [6.07, 6.45) is 3.39. The predicted octanol–water partition coefficient (Wildman–Crippen LogP) is 2.69. The van der Waals surface area contributed by atoms with E-state index in [1.165, 1.54) is 0 Å². The van der Waals surface area contributed by atoms with Gasteiger partial charge in [0, 0.05) is 12.4 Å². The van der Waals surface area contributed by atoms with Gasteiger partial charge in [-0.15, -0.1) is 0 Å². The zero-order valence-electron chi connectivity index (χ0n) is 13.2. The van der Waals surface area contributed by atoms with Gasteiger partial charge in [-0.05, 0) is 28.5 Å². The van der Waals surface area contributed by atoms with Gasteiger partial charge in [-0.2, -0.15) is 0 Å². The molecule has 1 aromatic heterocycles. The average Bonchev–Trinajstić information content (AvgIpc) is 2.57. The summed E-state index contributed by atoms with van der Waals surface area (Å²) in [6.45, 7) is 0.476. The minimum Gasteiger partial charge on any atom is -0.872 e. The van der Waals surface area contributed by atoms with E-state index in [1.54, 1.807) is 18.5 Å². The first kappa shape index (κ1) is 20.2. The van der Waals surface area contributed by atoms with Crippen LogP contribution in [0.3, 0.4) is 0 Å². The van der Waals surface area contributed by atoms with Gasteiger partial charge >= 0.3 is 19.5 Å². The molecule has 0 aliphatic rings. The topological polar surface area (TPSA) is 115 Å². The summed E-state index contributed by atoms with van der Waals surface area (Å²) in [5, 5.41) is 28.7. The summed E-state index contributed by atoms with van der Waals surface area (Å²) in [6, 6.07) is 17.0. The Balaban J connectivity index is 0.000000568. The SMILES string of the molecule is O=[N+]([O-])[O-].[O-]c1ccc2ccccc2c1C=NCc1ccccn1.[Zn+2]. The van der Waals surface area contributed by atoms with Crippen molar-refractivity contribution in [3.63, 3.8) is 0 Å². The van der Waals surface area contributed by atoms with Gasteiger partial charge in [-0.25, -0.2) is 0 Å². The van der Waals surface area contributed by atoms with Crippen molar-refractivity contribution in [1.82, 2.24) is 4.98 Å². The molecule has 0 N–H and O–H groups in total. The molecule has 2 aromatic carbocycles. The molecular formula is C17H13N3O4Zn. The number of fused-ring (bicyclic) bond motifs is 1. The van der Waals surface area contributed by atoms with E-state index in [1.807, 2.05) is 48.5 Å². The number of benzene rings is 2. The molecule has 8 heteroatoms. The van der Waals surface area contributed by atoms with Gasteiger partial charge in [0.1, 0.15) is 0 Å². The molecule has 0 radical (unpaired) electrons. The molecule has 3 aromatic rings. The number of rotatable bonds is 3. The van der Waals surface area contributed by atoms with Crippen molar-refractivity contribution >= 4 is 17.0 Å². The first-order valence-corrected chi connectivity index (χ1v) is 6.98. The second kappa shape index (κ2) is 10.1. The standard InChI is InChI=1S/C17H14N2O.NO3.Zn/c20-17-9-8-13-5-1-2-7-15(13)16(17)12-18-11-14-6-3-4-10-19-14;2-1(3)4;/h1-10,12,20H,11H2;;/q;-1;+2/p-1. The van der Waals surface area contributed by atoms with Crippen molar-refractivity contribution in [2.45, 2.75) is 6.54 Å². The molecule has 0 aliphatic carbocycles. The van der Waals surface area contributed by atoms with Crippen LogP contribution in [0.2, 0.25) is 0 Å². The third-order valence-corrected chi connectivity index (χ3v) is 3.13. The zero-order chi connectivity index (χ0) is 17.4. The largest absolute Gasteiger partial charge is 2.00 e. The minimum atomic E-state index is -1.75. The number of hydrogen-bond donors (Lipinski definition) is 0. The van der Waals surface area contributed by atoms with E-state index in [0.29, 0.717) is 12.1 Å². The summed E-state index contributed by atoms with van der Waals surface area (Å²) in [5.41, 5.74) is 1.52. The molecule has 0 spiro atoms. The van der Waals surface area contributed by atoms with E-state index >= 15 is 0 Å². The molecule has 0 saturated carbocycles. The van der Waals surface area contributed by atoms with Crippen LogP contribution in [0.5, 0.6) is 5.75 Å². The molecule has 122 valence electrons. The molecule has 0 atom stereocenters. The van der Waals surface area contributed by atoms with E-state index in [0.717, 1.165) is 16.5 Å². The average molecular weight is 389 g/mol. The Morgan fingerprint density at radius 1 is 1.04 bits per heavy atom. The molecule has 25 heavy (non-hydrogen) atoms.